The van der Waals surface area contributed by atoms with Crippen molar-refractivity contribution in [3.05, 3.63) is 101 Å². The molecule has 146 valence electrons. The van der Waals surface area contributed by atoms with Gasteiger partial charge in [-0.15, -0.1) is 0 Å². The van der Waals surface area contributed by atoms with Crippen LogP contribution < -0.4 is 4.90 Å². The lowest BCUT2D eigenvalue weighted by Crippen LogP contribution is -2.47. The van der Waals surface area contributed by atoms with Crippen LogP contribution in [-0.2, 0) is 16.9 Å². The Balaban J connectivity index is 1.75. The van der Waals surface area contributed by atoms with Crippen molar-refractivity contribution in [2.24, 2.45) is 5.92 Å². The molecule has 4 heteroatoms. The van der Waals surface area contributed by atoms with Crippen LogP contribution in [0.1, 0.15) is 34.0 Å². The van der Waals surface area contributed by atoms with Crippen molar-refractivity contribution >= 4 is 17.4 Å². The number of anilines is 1. The third-order valence-electron chi connectivity index (χ3n) is 5.84. The summed E-state index contributed by atoms with van der Waals surface area (Å²) >= 11 is 0. The van der Waals surface area contributed by atoms with Crippen molar-refractivity contribution in [3.8, 4) is 0 Å². The second-order valence-corrected chi connectivity index (χ2v) is 7.55. The molecular formula is C25H23NO3. The van der Waals surface area contributed by atoms with Crippen molar-refractivity contribution < 1.29 is 14.7 Å². The van der Waals surface area contributed by atoms with E-state index in [4.69, 9.17) is 0 Å². The molecular weight excluding hydrogens is 362 g/mol. The number of carbonyl (C=O) groups excluding carboxylic acids is 2. The van der Waals surface area contributed by atoms with Crippen molar-refractivity contribution in [2.75, 3.05) is 4.90 Å². The first-order chi connectivity index (χ1) is 13.9. The van der Waals surface area contributed by atoms with Gasteiger partial charge in [0.15, 0.2) is 11.4 Å². The quantitative estimate of drug-likeness (QED) is 0.668. The normalized spacial score (nSPS) is 19.1. The van der Waals surface area contributed by atoms with Crippen LogP contribution in [0.25, 0.3) is 0 Å². The van der Waals surface area contributed by atoms with Gasteiger partial charge in [0, 0.05) is 11.1 Å². The highest BCUT2D eigenvalue weighted by molar-refractivity contribution is 6.11. The maximum absolute atomic E-state index is 13.5. The van der Waals surface area contributed by atoms with E-state index in [1.54, 1.807) is 48.2 Å². The van der Waals surface area contributed by atoms with Crippen LogP contribution in [0.2, 0.25) is 0 Å². The Morgan fingerprint density at radius 3 is 2.31 bits per heavy atom. The Kier molecular flexibility index (Phi) is 4.81. The first-order valence-corrected chi connectivity index (χ1v) is 9.72. The van der Waals surface area contributed by atoms with E-state index >= 15 is 0 Å². The van der Waals surface area contributed by atoms with Crippen LogP contribution in [0.3, 0.4) is 0 Å². The molecule has 3 aromatic carbocycles. The zero-order valence-electron chi connectivity index (χ0n) is 16.5. The molecule has 29 heavy (non-hydrogen) atoms. The maximum atomic E-state index is 13.5. The number of rotatable bonds is 5. The van der Waals surface area contributed by atoms with Crippen molar-refractivity contribution in [3.63, 3.8) is 0 Å². The molecule has 0 unspecified atom stereocenters. The number of Topliss-reactive ketones (excluding diaryl/α,β-unsaturated/α-hetero) is 1. The van der Waals surface area contributed by atoms with Crippen LogP contribution in [-0.4, -0.2) is 16.8 Å². The van der Waals surface area contributed by atoms with Gasteiger partial charge in [-0.1, -0.05) is 79.7 Å². The zero-order valence-corrected chi connectivity index (χ0v) is 16.5. The fraction of sp³-hybridized carbons (Fsp3) is 0.200. The molecule has 0 radical (unpaired) electrons. The van der Waals surface area contributed by atoms with Crippen molar-refractivity contribution in [2.45, 2.75) is 26.0 Å². The predicted octanol–water partition coefficient (Wildman–Crippen LogP) is 4.25. The maximum Gasteiger partial charge on any atom is 0.264 e. The number of ketones is 1. The molecule has 0 bridgehead atoms. The Bertz CT molecular complexity index is 1080. The fourth-order valence-electron chi connectivity index (χ4n) is 4.04. The molecule has 0 aliphatic carbocycles. The molecule has 4 rings (SSSR count). The highest BCUT2D eigenvalue weighted by Gasteiger charge is 2.55. The van der Waals surface area contributed by atoms with Gasteiger partial charge >= 0.3 is 0 Å². The largest absolute Gasteiger partial charge is 0.375 e. The molecule has 0 aromatic heterocycles. The summed E-state index contributed by atoms with van der Waals surface area (Å²) < 4.78 is 0. The minimum Gasteiger partial charge on any atom is -0.375 e. The number of hydrogen-bond donors (Lipinski definition) is 1. The first kappa shape index (κ1) is 19.1. The molecule has 2 atom stereocenters. The van der Waals surface area contributed by atoms with Gasteiger partial charge in [0.2, 0.25) is 0 Å². The molecule has 4 nitrogen and oxygen atoms in total. The lowest BCUT2D eigenvalue weighted by molar-refractivity contribution is -0.139. The lowest BCUT2D eigenvalue weighted by atomic mass is 9.79. The second kappa shape index (κ2) is 7.30. The lowest BCUT2D eigenvalue weighted by Gasteiger charge is -2.28. The molecule has 1 aliphatic heterocycles. The molecule has 3 aromatic rings. The van der Waals surface area contributed by atoms with E-state index < -0.39 is 17.4 Å². The summed E-state index contributed by atoms with van der Waals surface area (Å²) in [5.74, 6) is -1.63. The number of amides is 1. The topological polar surface area (TPSA) is 57.6 Å². The van der Waals surface area contributed by atoms with Gasteiger partial charge in [-0.25, -0.2) is 0 Å². The van der Waals surface area contributed by atoms with Crippen molar-refractivity contribution in [1.82, 2.24) is 0 Å². The van der Waals surface area contributed by atoms with E-state index in [0.717, 1.165) is 11.1 Å². The van der Waals surface area contributed by atoms with Crippen LogP contribution in [0.5, 0.6) is 0 Å². The first-order valence-electron chi connectivity index (χ1n) is 9.72. The van der Waals surface area contributed by atoms with Crippen LogP contribution in [0.4, 0.5) is 5.69 Å². The highest BCUT2D eigenvalue weighted by atomic mass is 16.3. The summed E-state index contributed by atoms with van der Waals surface area (Å²) in [6, 6.07) is 23.8. The Hall–Kier alpha value is -3.24. The third kappa shape index (κ3) is 3.06. The highest BCUT2D eigenvalue weighted by Crippen LogP contribution is 2.46. The Labute approximate surface area is 170 Å². The summed E-state index contributed by atoms with van der Waals surface area (Å²) in [6.07, 6.45) is 0. The minimum atomic E-state index is -1.90. The summed E-state index contributed by atoms with van der Waals surface area (Å²) in [4.78, 5) is 28.2. The van der Waals surface area contributed by atoms with Gasteiger partial charge in [-0.2, -0.15) is 0 Å². The number of benzene rings is 3. The molecule has 1 aliphatic rings. The molecule has 0 fully saturated rings. The minimum absolute atomic E-state index is 0.256. The van der Waals surface area contributed by atoms with Crippen LogP contribution in [0, 0.1) is 12.8 Å². The molecule has 0 spiro atoms. The molecule has 0 saturated carbocycles. The van der Waals surface area contributed by atoms with E-state index in [-0.39, 0.29) is 5.78 Å². The predicted molar refractivity (Wildman–Crippen MR) is 113 cm³/mol. The number of para-hydroxylation sites is 1. The summed E-state index contributed by atoms with van der Waals surface area (Å²) in [6.45, 7) is 3.97. The summed E-state index contributed by atoms with van der Waals surface area (Å²) in [5.41, 5.74) is 1.79. The average molecular weight is 385 g/mol. The van der Waals surface area contributed by atoms with Crippen LogP contribution in [0.15, 0.2) is 78.9 Å². The molecule has 0 saturated heterocycles. The van der Waals surface area contributed by atoms with Gasteiger partial charge < -0.3 is 10.0 Å². The fourth-order valence-corrected chi connectivity index (χ4v) is 4.04. The Morgan fingerprint density at radius 1 is 0.966 bits per heavy atom. The molecule has 1 heterocycles. The van der Waals surface area contributed by atoms with Gasteiger partial charge in [-0.3, -0.25) is 9.59 Å². The molecule has 1 amide bonds. The van der Waals surface area contributed by atoms with Gasteiger partial charge in [-0.05, 0) is 24.1 Å². The summed E-state index contributed by atoms with van der Waals surface area (Å²) in [5, 5.41) is 11.6. The SMILES string of the molecule is Cc1ccccc1CN1C(=O)[C@@](O)([C@H](C)C(=O)c2ccccc2)c2ccccc21. The number of carbonyl (C=O) groups is 2. The van der Waals surface area contributed by atoms with Crippen LogP contribution >= 0.6 is 0 Å². The smallest absolute Gasteiger partial charge is 0.264 e. The van der Waals surface area contributed by atoms with E-state index in [1.165, 1.54) is 0 Å². The monoisotopic (exact) mass is 385 g/mol. The summed E-state index contributed by atoms with van der Waals surface area (Å²) in [7, 11) is 0. The zero-order chi connectivity index (χ0) is 20.6. The number of aliphatic hydroxyl groups is 1. The van der Waals surface area contributed by atoms with Gasteiger partial charge in [0.1, 0.15) is 0 Å². The van der Waals surface area contributed by atoms with E-state index in [1.807, 2.05) is 49.4 Å². The third-order valence-corrected chi connectivity index (χ3v) is 5.84. The van der Waals surface area contributed by atoms with Gasteiger partial charge in [0.05, 0.1) is 18.2 Å². The van der Waals surface area contributed by atoms with E-state index in [0.29, 0.717) is 23.4 Å². The Morgan fingerprint density at radius 2 is 1.59 bits per heavy atom. The van der Waals surface area contributed by atoms with E-state index in [9.17, 15) is 14.7 Å². The number of aryl methyl sites for hydroxylation is 1. The number of fused-ring (bicyclic) bond motifs is 1. The standard InChI is InChI=1S/C25H23NO3/c1-17-10-6-7-13-20(17)16-26-22-15-9-8-14-21(22)25(29,24(26)28)18(2)23(27)19-11-4-3-5-12-19/h3-15,18,29H,16H2,1-2H3/t18-,25-/m1/s1. The number of hydrogen-bond acceptors (Lipinski definition) is 3. The second-order valence-electron chi connectivity index (χ2n) is 7.55. The van der Waals surface area contributed by atoms with Crippen molar-refractivity contribution in [1.29, 1.82) is 0 Å². The van der Waals surface area contributed by atoms with E-state index in [2.05, 4.69) is 0 Å². The van der Waals surface area contributed by atoms with Gasteiger partial charge in [0.25, 0.3) is 5.91 Å². The molecule has 1 N–H and O–H groups in total. The number of nitrogens with zero attached hydrogens (tertiary/aromatic N) is 1. The average Bonchev–Trinajstić information content (AvgIpc) is 2.97.